The minimum atomic E-state index is -0.324. The fraction of sp³-hybridized carbons (Fsp3) is 0.609. The Morgan fingerprint density at radius 3 is 2.77 bits per heavy atom. The lowest BCUT2D eigenvalue weighted by Crippen LogP contribution is -2.51. The molecule has 0 aromatic heterocycles. The average Bonchev–Trinajstić information content (AvgIpc) is 2.56. The fourth-order valence-corrected chi connectivity index (χ4v) is 5.63. The van der Waals surface area contributed by atoms with Gasteiger partial charge in [0, 0.05) is 6.92 Å². The van der Waals surface area contributed by atoms with Crippen LogP contribution in [0.15, 0.2) is 30.4 Å². The number of fused-ring (bicyclic) bond motifs is 1. The van der Waals surface area contributed by atoms with Crippen LogP contribution in [0.25, 0.3) is 0 Å². The van der Waals surface area contributed by atoms with E-state index in [0.29, 0.717) is 17.6 Å². The quantitative estimate of drug-likeness (QED) is 0.432. The lowest BCUT2D eigenvalue weighted by atomic mass is 9.46. The molecular formula is C23H32O3. The molecule has 1 aromatic carbocycles. The predicted octanol–water partition coefficient (Wildman–Crippen LogP) is 5.66. The number of ether oxygens (including phenoxy) is 1. The van der Waals surface area contributed by atoms with Gasteiger partial charge in [-0.3, -0.25) is 4.79 Å². The third kappa shape index (κ3) is 3.17. The second kappa shape index (κ2) is 6.75. The molecule has 1 aromatic rings. The summed E-state index contributed by atoms with van der Waals surface area (Å²) in [5, 5.41) is 10.0. The highest BCUT2D eigenvalue weighted by atomic mass is 16.5. The van der Waals surface area contributed by atoms with Gasteiger partial charge in [-0.25, -0.2) is 0 Å². The van der Waals surface area contributed by atoms with Crippen LogP contribution in [0.3, 0.4) is 0 Å². The first-order valence-electron chi connectivity index (χ1n) is 9.85. The Morgan fingerprint density at radius 2 is 2.08 bits per heavy atom. The van der Waals surface area contributed by atoms with E-state index in [1.165, 1.54) is 38.2 Å². The minimum absolute atomic E-state index is 0.0824. The van der Waals surface area contributed by atoms with Crippen molar-refractivity contribution in [1.82, 2.24) is 0 Å². The zero-order valence-corrected chi connectivity index (χ0v) is 16.6. The second-order valence-corrected chi connectivity index (χ2v) is 8.97. The van der Waals surface area contributed by atoms with Crippen LogP contribution in [0.2, 0.25) is 0 Å². The molecule has 3 nitrogen and oxygen atoms in total. The van der Waals surface area contributed by atoms with E-state index < -0.39 is 0 Å². The molecule has 2 aliphatic carbocycles. The van der Waals surface area contributed by atoms with Gasteiger partial charge in [0.1, 0.15) is 11.5 Å². The lowest BCUT2D eigenvalue weighted by Gasteiger charge is -2.59. The van der Waals surface area contributed by atoms with Gasteiger partial charge in [0.05, 0.1) is 0 Å². The van der Waals surface area contributed by atoms with Crippen LogP contribution in [0, 0.1) is 22.7 Å². The van der Waals surface area contributed by atoms with Crippen molar-refractivity contribution in [3.8, 4) is 11.5 Å². The third-order valence-corrected chi connectivity index (χ3v) is 7.44. The first-order chi connectivity index (χ1) is 12.2. The van der Waals surface area contributed by atoms with Gasteiger partial charge in [0.15, 0.2) is 0 Å². The number of carbonyl (C=O) groups excluding carboxylic acids is 1. The number of benzene rings is 1. The molecular weight excluding hydrogens is 324 g/mol. The Labute approximate surface area is 157 Å². The summed E-state index contributed by atoms with van der Waals surface area (Å²) in [6.45, 7) is 13.0. The first-order valence-corrected chi connectivity index (χ1v) is 9.85. The number of aromatic hydroxyl groups is 1. The SMILES string of the molecule is C=C1CCCC2C1(C)CCC(C)C2(C)Cc1cc(O)ccc1OC(C)=O. The molecule has 3 rings (SSSR count). The maximum Gasteiger partial charge on any atom is 0.308 e. The number of hydrogen-bond acceptors (Lipinski definition) is 3. The second-order valence-electron chi connectivity index (χ2n) is 8.97. The van der Waals surface area contributed by atoms with Gasteiger partial charge in [0.2, 0.25) is 0 Å². The van der Waals surface area contributed by atoms with Gasteiger partial charge in [-0.15, -0.1) is 0 Å². The van der Waals surface area contributed by atoms with Gasteiger partial charge in [-0.1, -0.05) is 32.9 Å². The highest BCUT2D eigenvalue weighted by Gasteiger charge is 2.54. The van der Waals surface area contributed by atoms with Crippen LogP contribution in [0.4, 0.5) is 0 Å². The maximum absolute atomic E-state index is 11.5. The number of allylic oxidation sites excluding steroid dienone is 1. The van der Waals surface area contributed by atoms with Crippen molar-refractivity contribution >= 4 is 5.97 Å². The van der Waals surface area contributed by atoms with Gasteiger partial charge in [0.25, 0.3) is 0 Å². The Morgan fingerprint density at radius 1 is 1.35 bits per heavy atom. The number of phenols is 1. The standard InChI is InChI=1S/C23H32O3/c1-15-7-6-8-21-22(15,4)12-11-16(2)23(21,5)14-18-13-19(25)9-10-20(18)26-17(3)24/h9-10,13,16,21,25H,1,6-8,11-12,14H2,2-5H3. The van der Waals surface area contributed by atoms with Crippen molar-refractivity contribution in [3.05, 3.63) is 35.9 Å². The molecule has 0 spiro atoms. The van der Waals surface area contributed by atoms with Gasteiger partial charge in [-0.05, 0) is 85.0 Å². The molecule has 4 unspecified atom stereocenters. The normalized spacial score (nSPS) is 34.2. The van der Waals surface area contributed by atoms with E-state index in [1.807, 2.05) is 0 Å². The van der Waals surface area contributed by atoms with Crippen molar-refractivity contribution in [2.75, 3.05) is 0 Å². The van der Waals surface area contributed by atoms with Crippen LogP contribution < -0.4 is 4.74 Å². The zero-order valence-electron chi connectivity index (χ0n) is 16.6. The van der Waals surface area contributed by atoms with Crippen molar-refractivity contribution < 1.29 is 14.6 Å². The summed E-state index contributed by atoms with van der Waals surface area (Å²) in [6, 6.07) is 5.06. The van der Waals surface area contributed by atoms with Crippen molar-refractivity contribution in [2.24, 2.45) is 22.7 Å². The monoisotopic (exact) mass is 356 g/mol. The summed E-state index contributed by atoms with van der Waals surface area (Å²) in [5.41, 5.74) is 2.61. The molecule has 0 radical (unpaired) electrons. The minimum Gasteiger partial charge on any atom is -0.508 e. The molecule has 2 aliphatic rings. The van der Waals surface area contributed by atoms with Crippen molar-refractivity contribution in [3.63, 3.8) is 0 Å². The van der Waals surface area contributed by atoms with Gasteiger partial charge < -0.3 is 9.84 Å². The predicted molar refractivity (Wildman–Crippen MR) is 104 cm³/mol. The molecule has 26 heavy (non-hydrogen) atoms. The molecule has 1 N–H and O–H groups in total. The summed E-state index contributed by atoms with van der Waals surface area (Å²) in [7, 11) is 0. The van der Waals surface area contributed by atoms with Crippen molar-refractivity contribution in [2.45, 2.75) is 66.2 Å². The molecule has 0 heterocycles. The van der Waals surface area contributed by atoms with E-state index in [9.17, 15) is 9.90 Å². The summed E-state index contributed by atoms with van der Waals surface area (Å²) < 4.78 is 5.44. The molecule has 0 aliphatic heterocycles. The first kappa shape index (κ1) is 19.0. The molecule has 3 heteroatoms. The van der Waals surface area contributed by atoms with E-state index in [2.05, 4.69) is 27.4 Å². The largest absolute Gasteiger partial charge is 0.508 e. The summed E-state index contributed by atoms with van der Waals surface area (Å²) in [6.07, 6.45) is 6.77. The molecule has 4 atom stereocenters. The van der Waals surface area contributed by atoms with E-state index in [4.69, 9.17) is 4.74 Å². The van der Waals surface area contributed by atoms with Gasteiger partial charge in [-0.2, -0.15) is 0 Å². The van der Waals surface area contributed by atoms with E-state index in [-0.39, 0.29) is 22.5 Å². The zero-order chi connectivity index (χ0) is 19.1. The Bertz CT molecular complexity index is 722. The highest BCUT2D eigenvalue weighted by molar-refractivity contribution is 5.70. The number of carbonyl (C=O) groups is 1. The number of hydrogen-bond donors (Lipinski definition) is 1. The van der Waals surface area contributed by atoms with Crippen LogP contribution in [0.1, 0.15) is 65.4 Å². The average molecular weight is 357 g/mol. The number of esters is 1. The van der Waals surface area contributed by atoms with Crippen LogP contribution >= 0.6 is 0 Å². The summed E-state index contributed by atoms with van der Waals surface area (Å²) in [5.74, 6) is 1.60. The summed E-state index contributed by atoms with van der Waals surface area (Å²) >= 11 is 0. The molecule has 0 bridgehead atoms. The Hall–Kier alpha value is -1.77. The highest BCUT2D eigenvalue weighted by Crippen LogP contribution is 2.62. The third-order valence-electron chi connectivity index (χ3n) is 7.44. The fourth-order valence-electron chi connectivity index (χ4n) is 5.63. The molecule has 2 fully saturated rings. The molecule has 142 valence electrons. The van der Waals surface area contributed by atoms with E-state index in [1.54, 1.807) is 18.2 Å². The smallest absolute Gasteiger partial charge is 0.308 e. The van der Waals surface area contributed by atoms with Crippen LogP contribution in [-0.4, -0.2) is 11.1 Å². The number of rotatable bonds is 3. The van der Waals surface area contributed by atoms with Crippen LogP contribution in [-0.2, 0) is 11.2 Å². The van der Waals surface area contributed by atoms with E-state index >= 15 is 0 Å². The van der Waals surface area contributed by atoms with E-state index in [0.717, 1.165) is 18.4 Å². The lowest BCUT2D eigenvalue weighted by molar-refractivity contribution is -0.132. The Balaban J connectivity index is 2.00. The maximum atomic E-state index is 11.5. The number of phenolic OH excluding ortho intramolecular Hbond substituents is 1. The van der Waals surface area contributed by atoms with Crippen LogP contribution in [0.5, 0.6) is 11.5 Å². The topological polar surface area (TPSA) is 46.5 Å². The Kier molecular flexibility index (Phi) is 4.94. The summed E-state index contributed by atoms with van der Waals surface area (Å²) in [4.78, 5) is 11.5. The van der Waals surface area contributed by atoms with Gasteiger partial charge >= 0.3 is 5.97 Å². The molecule has 0 amide bonds. The van der Waals surface area contributed by atoms with Crippen molar-refractivity contribution in [1.29, 1.82) is 0 Å². The molecule has 2 saturated carbocycles. The molecule has 0 saturated heterocycles.